The van der Waals surface area contributed by atoms with Gasteiger partial charge in [0.1, 0.15) is 0 Å². The molecule has 0 aliphatic heterocycles. The van der Waals surface area contributed by atoms with Crippen molar-refractivity contribution >= 4 is 0 Å². The molecule has 10 heavy (non-hydrogen) atoms. The third-order valence-electron chi connectivity index (χ3n) is 1.20. The van der Waals surface area contributed by atoms with Gasteiger partial charge in [0.2, 0.25) is 0 Å². The minimum atomic E-state index is -4.20. The Morgan fingerprint density at radius 3 is 2.00 bits per heavy atom. The van der Waals surface area contributed by atoms with Gasteiger partial charge in [0.15, 0.2) is 6.10 Å². The number of rotatable bonds is 3. The molecule has 0 aromatic carbocycles. The molecule has 0 aliphatic rings. The highest BCUT2D eigenvalue weighted by Crippen LogP contribution is 2.25. The van der Waals surface area contributed by atoms with Crippen molar-refractivity contribution in [2.24, 2.45) is 0 Å². The van der Waals surface area contributed by atoms with E-state index in [1.807, 2.05) is 0 Å². The lowest BCUT2D eigenvalue weighted by molar-refractivity contribution is -0.214. The van der Waals surface area contributed by atoms with Crippen LogP contribution in [0.1, 0.15) is 19.8 Å². The van der Waals surface area contributed by atoms with Crippen molar-refractivity contribution in [1.29, 1.82) is 0 Å². The van der Waals surface area contributed by atoms with Gasteiger partial charge in [-0.1, -0.05) is 13.3 Å². The maximum absolute atomic E-state index is 11.8. The molecule has 0 rings (SSSR count). The van der Waals surface area contributed by atoms with Gasteiger partial charge in [-0.15, -0.1) is 0 Å². The molecule has 1 atom stereocenters. The molecule has 0 saturated carbocycles. The summed E-state index contributed by atoms with van der Waals surface area (Å²) in [4.78, 5) is 0. The molecule has 0 saturated heterocycles. The minimum absolute atomic E-state index is 0.0417. The molecule has 1 nitrogen and oxygen atoms in total. The molecule has 4 heteroatoms. The number of ether oxygens (including phenoxy) is 1. The van der Waals surface area contributed by atoms with Gasteiger partial charge < -0.3 is 4.74 Å². The van der Waals surface area contributed by atoms with Gasteiger partial charge in [0.25, 0.3) is 0 Å². The Morgan fingerprint density at radius 2 is 1.90 bits per heavy atom. The zero-order valence-corrected chi connectivity index (χ0v) is 6.03. The Labute approximate surface area is 58.2 Å². The molecular formula is C6H11F3O. The molecule has 0 radical (unpaired) electrons. The molecular weight excluding hydrogens is 145 g/mol. The maximum Gasteiger partial charge on any atom is 0.414 e. The fourth-order valence-electron chi connectivity index (χ4n) is 0.677. The Hall–Kier alpha value is -0.250. The first-order valence-electron chi connectivity index (χ1n) is 3.11. The van der Waals surface area contributed by atoms with Crippen molar-refractivity contribution < 1.29 is 17.9 Å². The second-order valence-corrected chi connectivity index (χ2v) is 2.05. The van der Waals surface area contributed by atoms with Gasteiger partial charge in [-0.25, -0.2) is 0 Å². The van der Waals surface area contributed by atoms with Crippen LogP contribution in [0.4, 0.5) is 13.2 Å². The molecule has 0 N–H and O–H groups in total. The predicted molar refractivity (Wildman–Crippen MR) is 31.8 cm³/mol. The van der Waals surface area contributed by atoms with Crippen molar-refractivity contribution in [2.45, 2.75) is 32.0 Å². The van der Waals surface area contributed by atoms with Crippen molar-refractivity contribution in [1.82, 2.24) is 0 Å². The summed E-state index contributed by atoms with van der Waals surface area (Å²) in [6.07, 6.45) is -5.26. The lowest BCUT2D eigenvalue weighted by Crippen LogP contribution is -2.30. The second kappa shape index (κ2) is 3.81. The first kappa shape index (κ1) is 9.75. The highest BCUT2D eigenvalue weighted by atomic mass is 19.4. The highest BCUT2D eigenvalue weighted by Gasteiger charge is 2.38. The van der Waals surface area contributed by atoms with Crippen molar-refractivity contribution in [3.8, 4) is 0 Å². The molecule has 0 heterocycles. The number of methoxy groups -OCH3 is 1. The van der Waals surface area contributed by atoms with Gasteiger partial charge in [-0.2, -0.15) is 13.2 Å². The summed E-state index contributed by atoms with van der Waals surface area (Å²) in [6.45, 7) is 1.69. The highest BCUT2D eigenvalue weighted by molar-refractivity contribution is 4.65. The monoisotopic (exact) mass is 156 g/mol. The third-order valence-corrected chi connectivity index (χ3v) is 1.20. The molecule has 0 amide bonds. The zero-order valence-electron chi connectivity index (χ0n) is 6.03. The van der Waals surface area contributed by atoms with E-state index in [1.165, 1.54) is 0 Å². The topological polar surface area (TPSA) is 9.23 Å². The zero-order chi connectivity index (χ0) is 8.20. The largest absolute Gasteiger partial charge is 0.414 e. The van der Waals surface area contributed by atoms with Gasteiger partial charge in [-0.05, 0) is 6.42 Å². The van der Waals surface area contributed by atoms with E-state index in [1.54, 1.807) is 6.92 Å². The van der Waals surface area contributed by atoms with Gasteiger partial charge >= 0.3 is 6.18 Å². The van der Waals surface area contributed by atoms with E-state index in [0.29, 0.717) is 6.42 Å². The third kappa shape index (κ3) is 3.06. The van der Waals surface area contributed by atoms with Crippen LogP contribution in [0.5, 0.6) is 0 Å². The number of alkyl halides is 3. The number of halogens is 3. The van der Waals surface area contributed by atoms with Gasteiger partial charge in [-0.3, -0.25) is 0 Å². The summed E-state index contributed by atoms with van der Waals surface area (Å²) in [5.74, 6) is 0. The Kier molecular flexibility index (Phi) is 3.71. The Balaban J connectivity index is 3.81. The van der Waals surface area contributed by atoms with Crippen LogP contribution in [0.25, 0.3) is 0 Å². The van der Waals surface area contributed by atoms with E-state index in [0.717, 1.165) is 7.11 Å². The van der Waals surface area contributed by atoms with Gasteiger partial charge in [0.05, 0.1) is 0 Å². The lowest BCUT2D eigenvalue weighted by atomic mass is 10.2. The second-order valence-electron chi connectivity index (χ2n) is 2.05. The summed E-state index contributed by atoms with van der Waals surface area (Å²) in [7, 11) is 1.08. The normalized spacial score (nSPS) is 15.3. The van der Waals surface area contributed by atoms with E-state index >= 15 is 0 Å². The summed E-state index contributed by atoms with van der Waals surface area (Å²) < 4.78 is 39.6. The van der Waals surface area contributed by atoms with E-state index in [9.17, 15) is 13.2 Å². The average Bonchev–Trinajstić information content (AvgIpc) is 1.80. The molecule has 62 valence electrons. The SMILES string of the molecule is CCCC(OC)C(F)(F)F. The van der Waals surface area contributed by atoms with Crippen LogP contribution in [0.3, 0.4) is 0 Å². The molecule has 0 bridgehead atoms. The lowest BCUT2D eigenvalue weighted by Gasteiger charge is -2.17. The summed E-state index contributed by atoms with van der Waals surface area (Å²) in [5, 5.41) is 0. The minimum Gasteiger partial charge on any atom is -0.372 e. The average molecular weight is 156 g/mol. The van der Waals surface area contributed by atoms with Crippen LogP contribution in [0.15, 0.2) is 0 Å². The van der Waals surface area contributed by atoms with Crippen LogP contribution in [-0.4, -0.2) is 19.4 Å². The maximum atomic E-state index is 11.8. The molecule has 0 fully saturated rings. The van der Waals surface area contributed by atoms with E-state index < -0.39 is 12.3 Å². The molecule has 0 aromatic heterocycles. The predicted octanol–water partition coefficient (Wildman–Crippen LogP) is 2.36. The number of hydrogen-bond donors (Lipinski definition) is 0. The smallest absolute Gasteiger partial charge is 0.372 e. The van der Waals surface area contributed by atoms with E-state index in [2.05, 4.69) is 4.74 Å². The quantitative estimate of drug-likeness (QED) is 0.609. The van der Waals surface area contributed by atoms with Crippen LogP contribution < -0.4 is 0 Å². The van der Waals surface area contributed by atoms with E-state index in [4.69, 9.17) is 0 Å². The van der Waals surface area contributed by atoms with Crippen molar-refractivity contribution in [2.75, 3.05) is 7.11 Å². The standard InChI is InChI=1S/C6H11F3O/c1-3-4-5(10-2)6(7,8)9/h5H,3-4H2,1-2H3. The molecule has 0 spiro atoms. The first-order chi connectivity index (χ1) is 4.52. The van der Waals surface area contributed by atoms with Crippen LogP contribution in [0.2, 0.25) is 0 Å². The van der Waals surface area contributed by atoms with E-state index in [-0.39, 0.29) is 6.42 Å². The number of hydrogen-bond acceptors (Lipinski definition) is 1. The molecule has 0 aromatic rings. The molecule has 0 aliphatic carbocycles. The summed E-state index contributed by atoms with van der Waals surface area (Å²) in [5.41, 5.74) is 0. The first-order valence-corrected chi connectivity index (χ1v) is 3.11. The van der Waals surface area contributed by atoms with Gasteiger partial charge in [0, 0.05) is 7.11 Å². The van der Waals surface area contributed by atoms with Crippen molar-refractivity contribution in [3.63, 3.8) is 0 Å². The van der Waals surface area contributed by atoms with Crippen LogP contribution >= 0.6 is 0 Å². The molecule has 1 unspecified atom stereocenters. The van der Waals surface area contributed by atoms with Crippen LogP contribution in [0, 0.1) is 0 Å². The fraction of sp³-hybridized carbons (Fsp3) is 1.00. The van der Waals surface area contributed by atoms with Crippen LogP contribution in [-0.2, 0) is 4.74 Å². The van der Waals surface area contributed by atoms with Crippen molar-refractivity contribution in [3.05, 3.63) is 0 Å². The fourth-order valence-corrected chi connectivity index (χ4v) is 0.677. The summed E-state index contributed by atoms with van der Waals surface area (Å²) in [6, 6.07) is 0. The Morgan fingerprint density at radius 1 is 1.40 bits per heavy atom. The Bertz CT molecular complexity index is 89.5. The summed E-state index contributed by atoms with van der Waals surface area (Å²) >= 11 is 0.